The number of ether oxygens (including phenoxy) is 8. The highest BCUT2D eigenvalue weighted by Gasteiger charge is 2.71. The molecule has 2 aliphatic heterocycles. The number of esters is 3. The fraction of sp³-hybridized carbons (Fsp3) is 0.711. The van der Waals surface area contributed by atoms with Gasteiger partial charge in [0.25, 0.3) is 0 Å². The van der Waals surface area contributed by atoms with Crippen molar-refractivity contribution >= 4 is 17.9 Å². The van der Waals surface area contributed by atoms with Crippen LogP contribution in [-0.4, -0.2) is 137 Å². The molecular weight excluding hydrogens is 796 g/mol. The molecule has 2 saturated heterocycles. The second kappa shape index (κ2) is 18.0. The molecular formula is C45H62O16. The molecule has 61 heavy (non-hydrogen) atoms. The van der Waals surface area contributed by atoms with Crippen LogP contribution in [0.25, 0.3) is 0 Å². The van der Waals surface area contributed by atoms with E-state index in [9.17, 15) is 39.9 Å². The minimum absolute atomic E-state index is 0.0596. The zero-order chi connectivity index (χ0) is 44.0. The maximum Gasteiger partial charge on any atom is 0.338 e. The lowest BCUT2D eigenvalue weighted by Gasteiger charge is -2.59. The van der Waals surface area contributed by atoms with Gasteiger partial charge < -0.3 is 63.4 Å². The van der Waals surface area contributed by atoms with E-state index in [1.807, 2.05) is 6.92 Å². The Balaban J connectivity index is 1.18. The Morgan fingerprint density at radius 2 is 1.61 bits per heavy atom. The standard InChI is InChI=1S/C45H62O16/c1-7-18-55-39(51)23(2)45(53)34(20-31-29-13-10-26-19-27(47)14-16-43(26,4)30(29)15-17-44(31,45)5)59-42-38(58-24(3)46)36(33(49)22-57-42)61-41-37(35(50)32(48)21-56-41)60-40(52)25-8-11-28(54-6)12-9-25/h7-12,23,27,29-38,41-42,47-50,53H,1,13-22H2,2-6H3/t23-,27+,29-,30+,31+,32-,33+,34+,35+,36+,37-,38-,41+,42+,43+,44+,45-/m1/s1. The van der Waals surface area contributed by atoms with Crippen LogP contribution < -0.4 is 4.74 Å². The molecule has 16 heteroatoms. The van der Waals surface area contributed by atoms with Crippen molar-refractivity contribution in [2.45, 2.75) is 140 Å². The third kappa shape index (κ3) is 8.28. The molecule has 1 aromatic rings. The summed E-state index contributed by atoms with van der Waals surface area (Å²) in [6.07, 6.45) is -5.31. The van der Waals surface area contributed by atoms with Gasteiger partial charge in [-0.15, -0.1) is 0 Å². The van der Waals surface area contributed by atoms with Gasteiger partial charge in [0.15, 0.2) is 24.8 Å². The number of allylic oxidation sites excluding steroid dienone is 1. The van der Waals surface area contributed by atoms with Gasteiger partial charge in [-0.05, 0) is 99.3 Å². The van der Waals surface area contributed by atoms with Crippen molar-refractivity contribution in [3.05, 3.63) is 54.1 Å². The van der Waals surface area contributed by atoms with Crippen LogP contribution in [0.5, 0.6) is 5.75 Å². The average molecular weight is 859 g/mol. The smallest absolute Gasteiger partial charge is 0.338 e. The van der Waals surface area contributed by atoms with E-state index in [1.165, 1.54) is 30.9 Å². The van der Waals surface area contributed by atoms with Crippen LogP contribution in [-0.2, 0) is 42.7 Å². The van der Waals surface area contributed by atoms with Gasteiger partial charge in [-0.3, -0.25) is 9.59 Å². The van der Waals surface area contributed by atoms with Gasteiger partial charge >= 0.3 is 17.9 Å². The van der Waals surface area contributed by atoms with Crippen molar-refractivity contribution in [1.29, 1.82) is 0 Å². The molecule has 5 N–H and O–H groups in total. The van der Waals surface area contributed by atoms with Gasteiger partial charge in [0.1, 0.15) is 42.4 Å². The molecule has 17 atom stereocenters. The highest BCUT2D eigenvalue weighted by atomic mass is 16.8. The predicted molar refractivity (Wildman–Crippen MR) is 213 cm³/mol. The summed E-state index contributed by atoms with van der Waals surface area (Å²) >= 11 is 0. The third-order valence-corrected chi connectivity index (χ3v) is 15.0. The molecule has 2 heterocycles. The Morgan fingerprint density at radius 1 is 0.918 bits per heavy atom. The first-order chi connectivity index (χ1) is 29.0. The number of hydrogen-bond donors (Lipinski definition) is 5. The number of rotatable bonds is 12. The summed E-state index contributed by atoms with van der Waals surface area (Å²) in [4.78, 5) is 39.8. The molecule has 1 aromatic carbocycles. The lowest BCUT2D eigenvalue weighted by Crippen LogP contribution is -2.64. The molecule has 3 saturated carbocycles. The topological polar surface area (TPSA) is 226 Å². The second-order valence-corrected chi connectivity index (χ2v) is 18.2. The molecule has 7 rings (SSSR count). The van der Waals surface area contributed by atoms with Gasteiger partial charge in [0, 0.05) is 12.3 Å². The van der Waals surface area contributed by atoms with Crippen LogP contribution in [0.15, 0.2) is 48.6 Å². The van der Waals surface area contributed by atoms with E-state index in [4.69, 9.17) is 37.9 Å². The van der Waals surface area contributed by atoms with Gasteiger partial charge in [-0.2, -0.15) is 0 Å². The van der Waals surface area contributed by atoms with E-state index in [1.54, 1.807) is 19.1 Å². The largest absolute Gasteiger partial charge is 0.497 e. The Bertz CT molecular complexity index is 1800. The van der Waals surface area contributed by atoms with E-state index in [2.05, 4.69) is 19.6 Å². The van der Waals surface area contributed by atoms with Crippen LogP contribution in [0.2, 0.25) is 0 Å². The zero-order valence-corrected chi connectivity index (χ0v) is 35.6. The van der Waals surface area contributed by atoms with E-state index >= 15 is 0 Å². The van der Waals surface area contributed by atoms with Crippen molar-refractivity contribution in [3.8, 4) is 5.75 Å². The molecule has 4 aliphatic carbocycles. The molecule has 16 nitrogen and oxygen atoms in total. The lowest BCUT2D eigenvalue weighted by molar-refractivity contribution is -0.345. The monoisotopic (exact) mass is 858 g/mol. The quantitative estimate of drug-likeness (QED) is 0.116. The first kappa shape index (κ1) is 45.6. The molecule has 0 radical (unpaired) electrons. The summed E-state index contributed by atoms with van der Waals surface area (Å²) < 4.78 is 46.9. The average Bonchev–Trinajstić information content (AvgIpc) is 3.47. The minimum atomic E-state index is -1.82. The summed E-state index contributed by atoms with van der Waals surface area (Å²) in [6, 6.07) is 6.00. The number of carbonyl (C=O) groups excluding carboxylic acids is 3. The van der Waals surface area contributed by atoms with E-state index in [-0.39, 0.29) is 41.4 Å². The molecule has 0 aromatic heterocycles. The van der Waals surface area contributed by atoms with Gasteiger partial charge in [-0.25, -0.2) is 4.79 Å². The lowest BCUT2D eigenvalue weighted by atomic mass is 9.46. The van der Waals surface area contributed by atoms with Gasteiger partial charge in [0.2, 0.25) is 0 Å². The van der Waals surface area contributed by atoms with Crippen LogP contribution in [0.1, 0.15) is 83.0 Å². The molecule has 0 amide bonds. The highest BCUT2D eigenvalue weighted by Crippen LogP contribution is 2.69. The fourth-order valence-corrected chi connectivity index (χ4v) is 11.7. The minimum Gasteiger partial charge on any atom is -0.497 e. The molecule has 0 spiro atoms. The van der Waals surface area contributed by atoms with Crippen molar-refractivity contribution in [2.24, 2.45) is 34.5 Å². The molecule has 0 unspecified atom stereocenters. The summed E-state index contributed by atoms with van der Waals surface area (Å²) in [5, 5.41) is 56.8. The van der Waals surface area contributed by atoms with Gasteiger partial charge in [-0.1, -0.05) is 38.2 Å². The normalized spacial score (nSPS) is 42.4. The van der Waals surface area contributed by atoms with E-state index in [0.29, 0.717) is 31.4 Å². The molecule has 0 bridgehead atoms. The van der Waals surface area contributed by atoms with Crippen LogP contribution in [0.3, 0.4) is 0 Å². The first-order valence-corrected chi connectivity index (χ1v) is 21.4. The summed E-state index contributed by atoms with van der Waals surface area (Å²) in [6.45, 7) is 9.86. The first-order valence-electron chi connectivity index (χ1n) is 21.4. The van der Waals surface area contributed by atoms with Crippen LogP contribution >= 0.6 is 0 Å². The van der Waals surface area contributed by atoms with Gasteiger partial charge in [0.05, 0.1) is 44.0 Å². The Kier molecular flexibility index (Phi) is 13.4. The number of aliphatic hydroxyl groups excluding tert-OH is 4. The predicted octanol–water partition coefficient (Wildman–Crippen LogP) is 2.75. The van der Waals surface area contributed by atoms with Crippen LogP contribution in [0, 0.1) is 34.5 Å². The van der Waals surface area contributed by atoms with Crippen molar-refractivity contribution < 1.29 is 77.8 Å². The number of hydrogen-bond acceptors (Lipinski definition) is 16. The summed E-state index contributed by atoms with van der Waals surface area (Å²) in [5.41, 5.74) is -1.40. The maximum atomic E-state index is 13.7. The Morgan fingerprint density at radius 3 is 2.28 bits per heavy atom. The van der Waals surface area contributed by atoms with E-state index in [0.717, 1.165) is 26.2 Å². The van der Waals surface area contributed by atoms with Crippen molar-refractivity contribution in [2.75, 3.05) is 26.9 Å². The van der Waals surface area contributed by atoms with Crippen molar-refractivity contribution in [1.82, 2.24) is 0 Å². The Hall–Kier alpha value is -3.45. The molecule has 5 fully saturated rings. The van der Waals surface area contributed by atoms with Crippen LogP contribution in [0.4, 0.5) is 0 Å². The molecule has 338 valence electrons. The zero-order valence-electron chi connectivity index (χ0n) is 35.6. The molecule has 6 aliphatic rings. The number of methoxy groups -OCH3 is 1. The second-order valence-electron chi connectivity index (χ2n) is 18.2. The number of benzene rings is 1. The summed E-state index contributed by atoms with van der Waals surface area (Å²) in [5.74, 6) is -2.62. The maximum absolute atomic E-state index is 13.7. The third-order valence-electron chi connectivity index (χ3n) is 15.0. The fourth-order valence-electron chi connectivity index (χ4n) is 11.7. The number of aliphatic hydroxyl groups is 5. The highest BCUT2D eigenvalue weighted by molar-refractivity contribution is 5.89. The summed E-state index contributed by atoms with van der Waals surface area (Å²) in [7, 11) is 1.47. The SMILES string of the molecule is C=CCOC(=O)[C@@H](C)[C@@]1(O)[C@@H](O[C@@H]2OC[C@H](O)[C@H](O[C@@H]3OC[C@@H](O)[C@H](O)[C@H]3OC(=O)c3ccc(OC)cc3)[C@H]2OC(C)=O)C[C@H]2[C@@H]3CC=C4C[C@@H](O)CC[C@]4(C)[C@H]3CC[C@@]21C. The number of fused-ring (bicyclic) bond motifs is 5. The number of carbonyl (C=O) groups is 3. The van der Waals surface area contributed by atoms with Crippen molar-refractivity contribution in [3.63, 3.8) is 0 Å². The van der Waals surface area contributed by atoms with E-state index < -0.39 is 103 Å². The Labute approximate surface area is 356 Å².